The maximum absolute atomic E-state index is 9.62. The van der Waals surface area contributed by atoms with Crippen molar-refractivity contribution in [3.8, 4) is 11.5 Å². The normalized spacial score (nSPS) is 13.0. The highest BCUT2D eigenvalue weighted by atomic mass is 16.3. The van der Waals surface area contributed by atoms with E-state index in [0.29, 0.717) is 5.89 Å². The molecule has 0 aliphatic carbocycles. The van der Waals surface area contributed by atoms with Gasteiger partial charge in [-0.1, -0.05) is 19.1 Å². The van der Waals surface area contributed by atoms with Gasteiger partial charge in [-0.15, -0.1) is 0 Å². The van der Waals surface area contributed by atoms with Crippen LogP contribution in [-0.4, -0.2) is 26.2 Å². The predicted molar refractivity (Wildman–Crippen MR) is 93.9 cm³/mol. The van der Waals surface area contributed by atoms with E-state index in [0.717, 1.165) is 39.9 Å². The number of benzene rings is 2. The lowest BCUT2D eigenvalue weighted by Crippen LogP contribution is -2.13. The van der Waals surface area contributed by atoms with Crippen LogP contribution in [0.25, 0.3) is 33.6 Å². The molecule has 4 aromatic rings. The van der Waals surface area contributed by atoms with Crippen LogP contribution < -0.4 is 0 Å². The molecule has 0 fully saturated rings. The van der Waals surface area contributed by atoms with Crippen LogP contribution in [0, 0.1) is 6.92 Å². The summed E-state index contributed by atoms with van der Waals surface area (Å²) in [4.78, 5) is 9.20. The van der Waals surface area contributed by atoms with Crippen molar-refractivity contribution in [2.75, 3.05) is 6.61 Å². The number of aliphatic hydroxyl groups excluding tert-OH is 1. The first-order valence-electron chi connectivity index (χ1n) is 8.16. The molecule has 0 aliphatic heterocycles. The van der Waals surface area contributed by atoms with Crippen LogP contribution in [0.2, 0.25) is 0 Å². The van der Waals surface area contributed by atoms with Gasteiger partial charge in [0.25, 0.3) is 0 Å². The summed E-state index contributed by atoms with van der Waals surface area (Å²) in [5.41, 5.74) is 4.44. The molecule has 1 atom stereocenters. The van der Waals surface area contributed by atoms with Crippen molar-refractivity contribution >= 4 is 22.1 Å². The quantitative estimate of drug-likeness (QED) is 0.615. The zero-order valence-electron chi connectivity index (χ0n) is 13.7. The van der Waals surface area contributed by atoms with E-state index in [1.165, 1.54) is 0 Å². The minimum atomic E-state index is 0.0465. The first-order valence-corrected chi connectivity index (χ1v) is 8.16. The maximum Gasteiger partial charge on any atom is 0.227 e. The molecule has 0 aliphatic rings. The molecule has 0 saturated heterocycles. The van der Waals surface area contributed by atoms with E-state index in [4.69, 9.17) is 4.42 Å². The highest BCUT2D eigenvalue weighted by molar-refractivity contribution is 5.83. The zero-order chi connectivity index (χ0) is 16.7. The van der Waals surface area contributed by atoms with Gasteiger partial charge in [-0.3, -0.25) is 0 Å². The molecule has 2 heterocycles. The Kier molecular flexibility index (Phi) is 3.58. The van der Waals surface area contributed by atoms with E-state index in [9.17, 15) is 5.11 Å². The molecule has 0 saturated carbocycles. The van der Waals surface area contributed by atoms with Crippen LogP contribution in [0.5, 0.6) is 0 Å². The standard InChI is InChI=1S/C19H19N3O2/c1-3-14(11-23)22-12(2)20-16-10-13(8-9-17(16)22)19-21-15-6-4-5-7-18(15)24-19/h4-10,14,23H,3,11H2,1-2H3. The van der Waals surface area contributed by atoms with Crippen molar-refractivity contribution in [3.63, 3.8) is 0 Å². The molecule has 4 rings (SSSR count). The summed E-state index contributed by atoms with van der Waals surface area (Å²) in [7, 11) is 0. The number of aromatic nitrogens is 3. The third-order valence-electron chi connectivity index (χ3n) is 4.45. The average molecular weight is 321 g/mol. The number of hydrogen-bond donors (Lipinski definition) is 1. The lowest BCUT2D eigenvalue weighted by Gasteiger charge is -2.16. The fourth-order valence-electron chi connectivity index (χ4n) is 3.20. The van der Waals surface area contributed by atoms with Gasteiger partial charge in [0.1, 0.15) is 11.3 Å². The highest BCUT2D eigenvalue weighted by Crippen LogP contribution is 2.29. The second-order valence-electron chi connectivity index (χ2n) is 5.96. The minimum Gasteiger partial charge on any atom is -0.436 e. The number of aryl methyl sites for hydroxylation is 1. The molecule has 2 aromatic carbocycles. The number of nitrogens with zero attached hydrogens (tertiary/aromatic N) is 3. The smallest absolute Gasteiger partial charge is 0.227 e. The van der Waals surface area contributed by atoms with E-state index in [1.54, 1.807) is 0 Å². The largest absolute Gasteiger partial charge is 0.436 e. The minimum absolute atomic E-state index is 0.0465. The van der Waals surface area contributed by atoms with Crippen LogP contribution in [0.1, 0.15) is 25.2 Å². The van der Waals surface area contributed by atoms with Crippen molar-refractivity contribution in [2.24, 2.45) is 0 Å². The molecule has 0 amide bonds. The Balaban J connectivity index is 1.84. The Morgan fingerprint density at radius 3 is 2.71 bits per heavy atom. The summed E-state index contributed by atoms with van der Waals surface area (Å²) >= 11 is 0. The summed E-state index contributed by atoms with van der Waals surface area (Å²) in [5, 5.41) is 9.62. The molecule has 1 unspecified atom stereocenters. The number of hydrogen-bond acceptors (Lipinski definition) is 4. The van der Waals surface area contributed by atoms with Gasteiger partial charge in [0.2, 0.25) is 5.89 Å². The molecule has 1 N–H and O–H groups in total. The van der Waals surface area contributed by atoms with E-state index in [-0.39, 0.29) is 12.6 Å². The zero-order valence-corrected chi connectivity index (χ0v) is 13.7. The molecular formula is C19H19N3O2. The van der Waals surface area contributed by atoms with E-state index < -0.39 is 0 Å². The van der Waals surface area contributed by atoms with Gasteiger partial charge in [-0.2, -0.15) is 0 Å². The van der Waals surface area contributed by atoms with E-state index >= 15 is 0 Å². The lowest BCUT2D eigenvalue weighted by molar-refractivity contribution is 0.225. The molecule has 2 aromatic heterocycles. The Bertz CT molecular complexity index is 979. The molecule has 5 heteroatoms. The number of oxazole rings is 1. The van der Waals surface area contributed by atoms with E-state index in [2.05, 4.69) is 21.5 Å². The molecule has 24 heavy (non-hydrogen) atoms. The summed E-state index contributed by atoms with van der Waals surface area (Å²) < 4.78 is 7.95. The molecule has 0 bridgehead atoms. The van der Waals surface area contributed by atoms with Crippen LogP contribution in [-0.2, 0) is 0 Å². The van der Waals surface area contributed by atoms with E-state index in [1.807, 2.05) is 49.4 Å². The lowest BCUT2D eigenvalue weighted by atomic mass is 10.1. The highest BCUT2D eigenvalue weighted by Gasteiger charge is 2.16. The van der Waals surface area contributed by atoms with Crippen LogP contribution in [0.4, 0.5) is 0 Å². The molecule has 5 nitrogen and oxygen atoms in total. The molecule has 122 valence electrons. The SMILES string of the molecule is CCC(CO)n1c(C)nc2cc(-c3nc4ccccc4o3)ccc21. The third kappa shape index (κ3) is 2.29. The van der Waals surface area contributed by atoms with Gasteiger partial charge < -0.3 is 14.1 Å². The summed E-state index contributed by atoms with van der Waals surface area (Å²) in [6.45, 7) is 4.14. The second kappa shape index (κ2) is 5.76. The molecule has 0 radical (unpaired) electrons. The summed E-state index contributed by atoms with van der Waals surface area (Å²) in [6, 6.07) is 13.8. The van der Waals surface area contributed by atoms with Crippen molar-refractivity contribution < 1.29 is 9.52 Å². The number of fused-ring (bicyclic) bond motifs is 2. The van der Waals surface area contributed by atoms with Gasteiger partial charge in [0.15, 0.2) is 5.58 Å². The predicted octanol–water partition coefficient (Wildman–Crippen LogP) is 4.10. The first kappa shape index (κ1) is 14.9. The maximum atomic E-state index is 9.62. The number of aliphatic hydroxyl groups is 1. The van der Waals surface area contributed by atoms with Crippen LogP contribution >= 0.6 is 0 Å². The Morgan fingerprint density at radius 2 is 1.96 bits per heavy atom. The topological polar surface area (TPSA) is 64.1 Å². The Labute approximate surface area is 139 Å². The monoisotopic (exact) mass is 321 g/mol. The number of imidazole rings is 1. The van der Waals surface area contributed by atoms with Crippen molar-refractivity contribution in [1.29, 1.82) is 0 Å². The second-order valence-corrected chi connectivity index (χ2v) is 5.96. The van der Waals surface area contributed by atoms with Crippen molar-refractivity contribution in [2.45, 2.75) is 26.3 Å². The number of rotatable bonds is 4. The van der Waals surface area contributed by atoms with Crippen LogP contribution in [0.15, 0.2) is 46.9 Å². The molecule has 0 spiro atoms. The van der Waals surface area contributed by atoms with Gasteiger partial charge in [0, 0.05) is 5.56 Å². The van der Waals surface area contributed by atoms with Crippen molar-refractivity contribution in [3.05, 3.63) is 48.3 Å². The Morgan fingerprint density at radius 1 is 1.12 bits per heavy atom. The fraction of sp³-hybridized carbons (Fsp3) is 0.263. The number of para-hydroxylation sites is 2. The molecular weight excluding hydrogens is 302 g/mol. The van der Waals surface area contributed by atoms with Gasteiger partial charge in [0.05, 0.1) is 23.7 Å². The van der Waals surface area contributed by atoms with Crippen molar-refractivity contribution in [1.82, 2.24) is 14.5 Å². The summed E-state index contributed by atoms with van der Waals surface area (Å²) in [5.74, 6) is 1.50. The fourth-order valence-corrected chi connectivity index (χ4v) is 3.20. The average Bonchev–Trinajstić information content (AvgIpc) is 3.17. The van der Waals surface area contributed by atoms with Crippen LogP contribution in [0.3, 0.4) is 0 Å². The van der Waals surface area contributed by atoms with Gasteiger partial charge >= 0.3 is 0 Å². The Hall–Kier alpha value is -2.66. The first-order chi connectivity index (χ1) is 11.7. The van der Waals surface area contributed by atoms with Gasteiger partial charge in [-0.25, -0.2) is 9.97 Å². The third-order valence-corrected chi connectivity index (χ3v) is 4.45. The van der Waals surface area contributed by atoms with Gasteiger partial charge in [-0.05, 0) is 43.7 Å². The summed E-state index contributed by atoms with van der Waals surface area (Å²) in [6.07, 6.45) is 0.857.